The number of hydrogen-bond donors (Lipinski definition) is 0. The maximum Gasteiger partial charge on any atom is 0.225 e. The molecule has 1 saturated heterocycles. The van der Waals surface area contributed by atoms with Crippen molar-refractivity contribution in [2.45, 2.75) is 32.1 Å². The zero-order valence-corrected chi connectivity index (χ0v) is 12.3. The van der Waals surface area contributed by atoms with Crippen LogP contribution in [0.4, 0.5) is 4.39 Å². The first kappa shape index (κ1) is 14.4. The first-order chi connectivity index (χ1) is 10.2. The fourth-order valence-corrected chi connectivity index (χ4v) is 2.98. The molecule has 0 radical (unpaired) electrons. The molecule has 1 aromatic rings. The van der Waals surface area contributed by atoms with Gasteiger partial charge in [0.1, 0.15) is 11.6 Å². The molecular weight excluding hydrogens is 269 g/mol. The predicted octanol–water partition coefficient (Wildman–Crippen LogP) is 3.24. The zero-order chi connectivity index (χ0) is 14.7. The van der Waals surface area contributed by atoms with Crippen LogP contribution in [0.5, 0.6) is 5.75 Å². The molecule has 1 aliphatic carbocycles. The first-order valence-corrected chi connectivity index (χ1v) is 7.89. The highest BCUT2D eigenvalue weighted by atomic mass is 19.1. The van der Waals surface area contributed by atoms with Crippen LogP contribution < -0.4 is 4.74 Å². The number of carbonyl (C=O) groups is 1. The standard InChI is InChI=1S/C17H22FNO2/c18-15-4-6-16(7-5-15)21-12-13-8-10-19(11-9-13)17(20)14-2-1-3-14/h4-7,13-14H,1-3,8-12H2. The van der Waals surface area contributed by atoms with E-state index < -0.39 is 0 Å². The van der Waals surface area contributed by atoms with Gasteiger partial charge in [0.25, 0.3) is 0 Å². The van der Waals surface area contributed by atoms with Crippen molar-refractivity contribution in [3.05, 3.63) is 30.1 Å². The second-order valence-corrected chi connectivity index (χ2v) is 6.16. The Morgan fingerprint density at radius 2 is 1.81 bits per heavy atom. The summed E-state index contributed by atoms with van der Waals surface area (Å²) in [6.45, 7) is 2.36. The lowest BCUT2D eigenvalue weighted by atomic mass is 9.83. The van der Waals surface area contributed by atoms with Crippen LogP contribution in [-0.4, -0.2) is 30.5 Å². The van der Waals surface area contributed by atoms with E-state index in [1.807, 2.05) is 4.90 Å². The normalized spacial score (nSPS) is 20.1. The van der Waals surface area contributed by atoms with Crippen molar-refractivity contribution in [1.82, 2.24) is 4.90 Å². The van der Waals surface area contributed by atoms with Crippen molar-refractivity contribution in [2.24, 2.45) is 11.8 Å². The summed E-state index contributed by atoms with van der Waals surface area (Å²) >= 11 is 0. The Labute approximate surface area is 125 Å². The second kappa shape index (κ2) is 6.46. The van der Waals surface area contributed by atoms with Gasteiger partial charge in [0.05, 0.1) is 6.61 Å². The summed E-state index contributed by atoms with van der Waals surface area (Å²) in [5.74, 6) is 1.62. The molecule has 2 fully saturated rings. The fraction of sp³-hybridized carbons (Fsp3) is 0.588. The number of ether oxygens (including phenoxy) is 1. The molecule has 2 aliphatic rings. The monoisotopic (exact) mass is 291 g/mol. The van der Waals surface area contributed by atoms with Gasteiger partial charge in [-0.05, 0) is 55.9 Å². The Bertz CT molecular complexity index is 476. The van der Waals surface area contributed by atoms with Crippen LogP contribution >= 0.6 is 0 Å². The van der Waals surface area contributed by atoms with E-state index >= 15 is 0 Å². The Kier molecular flexibility index (Phi) is 4.42. The van der Waals surface area contributed by atoms with Gasteiger partial charge < -0.3 is 9.64 Å². The van der Waals surface area contributed by atoms with Crippen molar-refractivity contribution in [3.63, 3.8) is 0 Å². The van der Waals surface area contributed by atoms with Crippen LogP contribution in [0.25, 0.3) is 0 Å². The fourth-order valence-electron chi connectivity index (χ4n) is 2.98. The maximum atomic E-state index is 12.8. The average Bonchev–Trinajstić information content (AvgIpc) is 2.45. The molecule has 3 rings (SSSR count). The van der Waals surface area contributed by atoms with E-state index in [-0.39, 0.29) is 5.82 Å². The summed E-state index contributed by atoms with van der Waals surface area (Å²) in [5, 5.41) is 0. The highest BCUT2D eigenvalue weighted by Gasteiger charge is 2.31. The summed E-state index contributed by atoms with van der Waals surface area (Å²) in [4.78, 5) is 14.2. The van der Waals surface area contributed by atoms with Crippen LogP contribution in [0.15, 0.2) is 24.3 Å². The Balaban J connectivity index is 1.41. The lowest BCUT2D eigenvalue weighted by Crippen LogP contribution is -2.44. The molecule has 21 heavy (non-hydrogen) atoms. The van der Waals surface area contributed by atoms with Crippen molar-refractivity contribution in [3.8, 4) is 5.75 Å². The number of rotatable bonds is 4. The number of halogens is 1. The molecule has 0 bridgehead atoms. The zero-order valence-electron chi connectivity index (χ0n) is 12.3. The van der Waals surface area contributed by atoms with Crippen molar-refractivity contribution < 1.29 is 13.9 Å². The topological polar surface area (TPSA) is 29.5 Å². The number of piperidine rings is 1. The van der Waals surface area contributed by atoms with E-state index in [1.54, 1.807) is 12.1 Å². The predicted molar refractivity (Wildman–Crippen MR) is 78.5 cm³/mol. The van der Waals surface area contributed by atoms with E-state index in [9.17, 15) is 9.18 Å². The molecule has 1 aromatic carbocycles. The van der Waals surface area contributed by atoms with E-state index in [4.69, 9.17) is 4.74 Å². The van der Waals surface area contributed by atoms with E-state index in [1.165, 1.54) is 18.6 Å². The first-order valence-electron chi connectivity index (χ1n) is 7.89. The lowest BCUT2D eigenvalue weighted by Gasteiger charge is -2.36. The lowest BCUT2D eigenvalue weighted by molar-refractivity contribution is -0.139. The van der Waals surface area contributed by atoms with Crippen molar-refractivity contribution in [1.29, 1.82) is 0 Å². The van der Waals surface area contributed by atoms with Crippen LogP contribution in [0, 0.1) is 17.7 Å². The third-order valence-electron chi connectivity index (χ3n) is 4.68. The van der Waals surface area contributed by atoms with E-state index in [0.717, 1.165) is 38.8 Å². The van der Waals surface area contributed by atoms with Gasteiger partial charge in [0.2, 0.25) is 5.91 Å². The largest absolute Gasteiger partial charge is 0.493 e. The highest BCUT2D eigenvalue weighted by molar-refractivity contribution is 5.79. The van der Waals surface area contributed by atoms with Crippen LogP contribution in [-0.2, 0) is 4.79 Å². The summed E-state index contributed by atoms with van der Waals surface area (Å²) in [5.41, 5.74) is 0. The molecule has 1 heterocycles. The summed E-state index contributed by atoms with van der Waals surface area (Å²) in [6, 6.07) is 6.14. The molecule has 1 amide bonds. The molecule has 1 saturated carbocycles. The molecule has 0 spiro atoms. The van der Waals surface area contributed by atoms with Gasteiger partial charge in [0.15, 0.2) is 0 Å². The third kappa shape index (κ3) is 3.55. The van der Waals surface area contributed by atoms with E-state index in [2.05, 4.69) is 0 Å². The minimum atomic E-state index is -0.245. The highest BCUT2D eigenvalue weighted by Crippen LogP contribution is 2.30. The molecule has 0 unspecified atom stereocenters. The molecule has 0 N–H and O–H groups in total. The van der Waals surface area contributed by atoms with Gasteiger partial charge in [0, 0.05) is 19.0 Å². The number of likely N-dealkylation sites (tertiary alicyclic amines) is 1. The number of benzene rings is 1. The van der Waals surface area contributed by atoms with Gasteiger partial charge in [-0.25, -0.2) is 4.39 Å². The number of amides is 1. The molecule has 3 nitrogen and oxygen atoms in total. The summed E-state index contributed by atoms with van der Waals surface area (Å²) in [6.07, 6.45) is 5.36. The van der Waals surface area contributed by atoms with Gasteiger partial charge >= 0.3 is 0 Å². The Morgan fingerprint density at radius 1 is 1.14 bits per heavy atom. The Hall–Kier alpha value is -1.58. The molecule has 0 atom stereocenters. The summed E-state index contributed by atoms with van der Waals surface area (Å²) < 4.78 is 18.5. The third-order valence-corrected chi connectivity index (χ3v) is 4.68. The quantitative estimate of drug-likeness (QED) is 0.852. The van der Waals surface area contributed by atoms with Crippen molar-refractivity contribution in [2.75, 3.05) is 19.7 Å². The molecule has 0 aromatic heterocycles. The van der Waals surface area contributed by atoms with Crippen LogP contribution in [0.2, 0.25) is 0 Å². The maximum absolute atomic E-state index is 12.8. The molecular formula is C17H22FNO2. The van der Waals surface area contributed by atoms with Gasteiger partial charge in [-0.3, -0.25) is 4.79 Å². The van der Waals surface area contributed by atoms with Crippen molar-refractivity contribution >= 4 is 5.91 Å². The van der Waals surface area contributed by atoms with Gasteiger partial charge in [-0.2, -0.15) is 0 Å². The van der Waals surface area contributed by atoms with E-state index in [0.29, 0.717) is 30.1 Å². The van der Waals surface area contributed by atoms with Gasteiger partial charge in [-0.1, -0.05) is 6.42 Å². The number of carbonyl (C=O) groups excluding carboxylic acids is 1. The van der Waals surface area contributed by atoms with Crippen LogP contribution in [0.3, 0.4) is 0 Å². The second-order valence-electron chi connectivity index (χ2n) is 6.16. The molecule has 1 aliphatic heterocycles. The average molecular weight is 291 g/mol. The Morgan fingerprint density at radius 3 is 2.38 bits per heavy atom. The number of nitrogens with zero attached hydrogens (tertiary/aromatic N) is 1. The van der Waals surface area contributed by atoms with Crippen LogP contribution in [0.1, 0.15) is 32.1 Å². The van der Waals surface area contributed by atoms with Gasteiger partial charge in [-0.15, -0.1) is 0 Å². The minimum absolute atomic E-state index is 0.245. The number of hydrogen-bond acceptors (Lipinski definition) is 2. The smallest absolute Gasteiger partial charge is 0.225 e. The molecule has 4 heteroatoms. The SMILES string of the molecule is O=C(C1CCC1)N1CCC(COc2ccc(F)cc2)CC1. The molecule has 114 valence electrons. The summed E-state index contributed by atoms with van der Waals surface area (Å²) in [7, 11) is 0. The minimum Gasteiger partial charge on any atom is -0.493 e.